The summed E-state index contributed by atoms with van der Waals surface area (Å²) in [4.78, 5) is 12.4. The van der Waals surface area contributed by atoms with Crippen LogP contribution in [0.3, 0.4) is 0 Å². The monoisotopic (exact) mass is 460 g/mol. The summed E-state index contributed by atoms with van der Waals surface area (Å²) in [6.45, 7) is 0. The zero-order chi connectivity index (χ0) is 19.4. The molecule has 2 aromatic carbocycles. The molecule has 1 heterocycles. The fourth-order valence-corrected chi connectivity index (χ4v) is 2.87. The number of rotatable bonds is 4. The molecule has 3 aromatic rings. The number of benzene rings is 2. The molecular weight excluding hydrogens is 451 g/mol. The summed E-state index contributed by atoms with van der Waals surface area (Å²) in [7, 11) is 0. The zero-order valence-electron chi connectivity index (χ0n) is 13.7. The summed E-state index contributed by atoms with van der Waals surface area (Å²) in [5.41, 5.74) is 1.08. The van der Waals surface area contributed by atoms with E-state index in [-0.39, 0.29) is 5.57 Å². The SMILES string of the molecule is N#C/C(=C\c1ccc(-c2ccc(Br)cc2)o1)C(=O)Nc1cc(Cl)ccc1Cl. The predicted molar refractivity (Wildman–Crippen MR) is 111 cm³/mol. The summed E-state index contributed by atoms with van der Waals surface area (Å²) in [6.07, 6.45) is 1.37. The van der Waals surface area contributed by atoms with Crippen LogP contribution in [-0.4, -0.2) is 5.91 Å². The molecule has 134 valence electrons. The Balaban J connectivity index is 1.82. The Bertz CT molecular complexity index is 1070. The first-order valence-electron chi connectivity index (χ1n) is 7.70. The minimum Gasteiger partial charge on any atom is -0.457 e. The van der Waals surface area contributed by atoms with Gasteiger partial charge in [0.15, 0.2) is 0 Å². The quantitative estimate of drug-likeness (QED) is 0.353. The fourth-order valence-electron chi connectivity index (χ4n) is 2.27. The fraction of sp³-hybridized carbons (Fsp3) is 0. The lowest BCUT2D eigenvalue weighted by atomic mass is 10.2. The van der Waals surface area contributed by atoms with Gasteiger partial charge in [0.1, 0.15) is 23.2 Å². The van der Waals surface area contributed by atoms with Crippen molar-refractivity contribution in [1.29, 1.82) is 5.26 Å². The van der Waals surface area contributed by atoms with Crippen LogP contribution in [0.4, 0.5) is 5.69 Å². The summed E-state index contributed by atoms with van der Waals surface area (Å²) < 4.78 is 6.67. The van der Waals surface area contributed by atoms with E-state index in [0.29, 0.717) is 27.3 Å². The maximum atomic E-state index is 12.4. The van der Waals surface area contributed by atoms with Gasteiger partial charge in [-0.25, -0.2) is 0 Å². The topological polar surface area (TPSA) is 66.0 Å². The molecule has 0 atom stereocenters. The highest BCUT2D eigenvalue weighted by molar-refractivity contribution is 9.10. The highest BCUT2D eigenvalue weighted by Crippen LogP contribution is 2.27. The molecule has 27 heavy (non-hydrogen) atoms. The number of hydrogen-bond acceptors (Lipinski definition) is 3. The second-order valence-corrected chi connectivity index (χ2v) is 7.22. The Morgan fingerprint density at radius 2 is 1.85 bits per heavy atom. The average Bonchev–Trinajstić information content (AvgIpc) is 3.12. The molecule has 0 spiro atoms. The standard InChI is InChI=1S/C20H11BrCl2N2O2/c21-14-3-1-12(2-4-14)19-8-6-16(27-19)9-13(11-24)20(26)25-18-10-15(22)5-7-17(18)23/h1-10H,(H,25,26)/b13-9+. The highest BCUT2D eigenvalue weighted by Gasteiger charge is 2.13. The van der Waals surface area contributed by atoms with Crippen molar-refractivity contribution in [3.05, 3.63) is 80.4 Å². The van der Waals surface area contributed by atoms with Crippen LogP contribution in [0.2, 0.25) is 10.0 Å². The molecule has 0 saturated heterocycles. The van der Waals surface area contributed by atoms with E-state index in [1.807, 2.05) is 30.3 Å². The van der Waals surface area contributed by atoms with E-state index in [0.717, 1.165) is 10.0 Å². The van der Waals surface area contributed by atoms with Gasteiger partial charge in [-0.2, -0.15) is 5.26 Å². The van der Waals surface area contributed by atoms with Gasteiger partial charge in [0, 0.05) is 21.1 Å². The second-order valence-electron chi connectivity index (χ2n) is 5.46. The van der Waals surface area contributed by atoms with Crippen LogP contribution in [0.25, 0.3) is 17.4 Å². The molecule has 1 amide bonds. The van der Waals surface area contributed by atoms with Gasteiger partial charge in [-0.1, -0.05) is 51.3 Å². The number of carbonyl (C=O) groups is 1. The van der Waals surface area contributed by atoms with Crippen LogP contribution in [0.15, 0.2) is 69.1 Å². The van der Waals surface area contributed by atoms with Crippen molar-refractivity contribution in [1.82, 2.24) is 0 Å². The van der Waals surface area contributed by atoms with Crippen LogP contribution < -0.4 is 5.32 Å². The number of halogens is 3. The third-order valence-electron chi connectivity index (χ3n) is 3.58. The van der Waals surface area contributed by atoms with Gasteiger partial charge >= 0.3 is 0 Å². The summed E-state index contributed by atoms with van der Waals surface area (Å²) >= 11 is 15.3. The largest absolute Gasteiger partial charge is 0.457 e. The van der Waals surface area contributed by atoms with E-state index in [1.54, 1.807) is 24.3 Å². The Morgan fingerprint density at radius 3 is 2.56 bits per heavy atom. The van der Waals surface area contributed by atoms with Crippen molar-refractivity contribution in [3.63, 3.8) is 0 Å². The molecule has 0 unspecified atom stereocenters. The number of nitriles is 1. The number of nitrogens with one attached hydrogen (secondary N) is 1. The summed E-state index contributed by atoms with van der Waals surface area (Å²) in [5, 5.41) is 12.6. The molecule has 7 heteroatoms. The lowest BCUT2D eigenvalue weighted by Crippen LogP contribution is -2.13. The Morgan fingerprint density at radius 1 is 1.11 bits per heavy atom. The molecule has 1 aromatic heterocycles. The van der Waals surface area contributed by atoms with Gasteiger partial charge in [0.05, 0.1) is 10.7 Å². The van der Waals surface area contributed by atoms with Crippen LogP contribution in [0.1, 0.15) is 5.76 Å². The van der Waals surface area contributed by atoms with E-state index < -0.39 is 5.91 Å². The Hall–Kier alpha value is -2.52. The summed E-state index contributed by atoms with van der Waals surface area (Å²) in [6, 6.07) is 17.6. The van der Waals surface area contributed by atoms with Crippen molar-refractivity contribution in [2.24, 2.45) is 0 Å². The molecule has 0 fully saturated rings. The smallest absolute Gasteiger partial charge is 0.266 e. The van der Waals surface area contributed by atoms with Crippen molar-refractivity contribution < 1.29 is 9.21 Å². The number of furan rings is 1. The van der Waals surface area contributed by atoms with Gasteiger partial charge in [-0.05, 0) is 42.5 Å². The normalized spacial score (nSPS) is 11.1. The van der Waals surface area contributed by atoms with Gasteiger partial charge in [-0.15, -0.1) is 0 Å². The second kappa shape index (κ2) is 8.45. The molecule has 0 aliphatic rings. The molecule has 4 nitrogen and oxygen atoms in total. The molecule has 0 aliphatic carbocycles. The predicted octanol–water partition coefficient (Wildman–Crippen LogP) is 6.56. The molecule has 0 aliphatic heterocycles. The maximum Gasteiger partial charge on any atom is 0.266 e. The van der Waals surface area contributed by atoms with Crippen LogP contribution >= 0.6 is 39.1 Å². The minimum absolute atomic E-state index is 0.122. The zero-order valence-corrected chi connectivity index (χ0v) is 16.8. The maximum absolute atomic E-state index is 12.4. The first-order valence-corrected chi connectivity index (χ1v) is 9.25. The van der Waals surface area contributed by atoms with Crippen LogP contribution in [0.5, 0.6) is 0 Å². The number of nitrogens with zero attached hydrogens (tertiary/aromatic N) is 1. The molecule has 0 bridgehead atoms. The Labute approximate surface area is 174 Å². The van der Waals surface area contributed by atoms with Crippen molar-refractivity contribution in [2.45, 2.75) is 0 Å². The molecule has 1 N–H and O–H groups in total. The molecule has 3 rings (SSSR count). The first-order chi connectivity index (χ1) is 13.0. The molecule has 0 saturated carbocycles. The van der Waals surface area contributed by atoms with Gasteiger partial charge in [-0.3, -0.25) is 4.79 Å². The van der Waals surface area contributed by atoms with Crippen molar-refractivity contribution >= 4 is 56.8 Å². The van der Waals surface area contributed by atoms with E-state index in [9.17, 15) is 10.1 Å². The van der Waals surface area contributed by atoms with Crippen molar-refractivity contribution in [3.8, 4) is 17.4 Å². The van der Waals surface area contributed by atoms with Crippen LogP contribution in [0, 0.1) is 11.3 Å². The molecular formula is C20H11BrCl2N2O2. The Kier molecular flexibility index (Phi) is 6.02. The van der Waals surface area contributed by atoms with E-state index in [4.69, 9.17) is 27.6 Å². The van der Waals surface area contributed by atoms with E-state index >= 15 is 0 Å². The first kappa shape index (κ1) is 19.2. The minimum atomic E-state index is -0.608. The van der Waals surface area contributed by atoms with Crippen molar-refractivity contribution in [2.75, 3.05) is 5.32 Å². The summed E-state index contributed by atoms with van der Waals surface area (Å²) in [5.74, 6) is 0.407. The molecule has 0 radical (unpaired) electrons. The lowest BCUT2D eigenvalue weighted by molar-refractivity contribution is -0.112. The average molecular weight is 462 g/mol. The number of hydrogen-bond donors (Lipinski definition) is 1. The van der Waals surface area contributed by atoms with Gasteiger partial charge in [0.2, 0.25) is 0 Å². The number of anilines is 1. The lowest BCUT2D eigenvalue weighted by Gasteiger charge is -2.06. The third-order valence-corrected chi connectivity index (χ3v) is 4.68. The van der Waals surface area contributed by atoms with Gasteiger partial charge < -0.3 is 9.73 Å². The number of carbonyl (C=O) groups excluding carboxylic acids is 1. The number of amides is 1. The van der Waals surface area contributed by atoms with Gasteiger partial charge in [0.25, 0.3) is 5.91 Å². The highest BCUT2D eigenvalue weighted by atomic mass is 79.9. The third kappa shape index (κ3) is 4.81. The van der Waals surface area contributed by atoms with E-state index in [1.165, 1.54) is 12.1 Å². The van der Waals surface area contributed by atoms with E-state index in [2.05, 4.69) is 21.2 Å². The van der Waals surface area contributed by atoms with Crippen LogP contribution in [-0.2, 0) is 4.79 Å².